The molecule has 162 valence electrons. The van der Waals surface area contributed by atoms with E-state index in [9.17, 15) is 18.8 Å². The number of carbonyl (C=O) groups excluding carboxylic acids is 3. The van der Waals surface area contributed by atoms with Crippen LogP contribution in [0.15, 0.2) is 42.5 Å². The molecule has 0 bridgehead atoms. The standard InChI is InChI=1S/C24H26FN3O3/c1-16-3-8-22(21(25)13-16)28-15-19(14-23(28)30)24(31)27-11-9-26(10-12-27)20-6-4-18(5-7-20)17(2)29/h3-8,13,19H,9-12,14-15H2,1-2H3. The van der Waals surface area contributed by atoms with Crippen molar-refractivity contribution < 1.29 is 18.8 Å². The van der Waals surface area contributed by atoms with Crippen molar-refractivity contribution in [1.82, 2.24) is 4.90 Å². The number of aryl methyl sites for hydroxylation is 1. The van der Waals surface area contributed by atoms with E-state index in [1.54, 1.807) is 30.9 Å². The van der Waals surface area contributed by atoms with Gasteiger partial charge in [-0.2, -0.15) is 0 Å². The predicted octanol–water partition coefficient (Wildman–Crippen LogP) is 3.04. The summed E-state index contributed by atoms with van der Waals surface area (Å²) in [5.41, 5.74) is 2.73. The Labute approximate surface area is 181 Å². The number of amides is 2. The number of hydrogen-bond donors (Lipinski definition) is 0. The SMILES string of the molecule is CC(=O)c1ccc(N2CCN(C(=O)C3CC(=O)N(c4ccc(C)cc4F)C3)CC2)cc1. The lowest BCUT2D eigenvalue weighted by molar-refractivity contribution is -0.136. The average molecular weight is 423 g/mol. The van der Waals surface area contributed by atoms with Crippen LogP contribution in [0.4, 0.5) is 15.8 Å². The van der Waals surface area contributed by atoms with Crippen molar-refractivity contribution in [2.75, 3.05) is 42.5 Å². The van der Waals surface area contributed by atoms with Gasteiger partial charge in [0.15, 0.2) is 5.78 Å². The Balaban J connectivity index is 1.36. The highest BCUT2D eigenvalue weighted by molar-refractivity contribution is 6.00. The first kappa shape index (κ1) is 21.0. The fourth-order valence-corrected chi connectivity index (χ4v) is 4.29. The van der Waals surface area contributed by atoms with Gasteiger partial charge in [-0.25, -0.2) is 4.39 Å². The molecule has 2 aliphatic heterocycles. The summed E-state index contributed by atoms with van der Waals surface area (Å²) in [5.74, 6) is -1.12. The second-order valence-corrected chi connectivity index (χ2v) is 8.28. The molecule has 4 rings (SSSR count). The maximum Gasteiger partial charge on any atom is 0.228 e. The molecule has 2 heterocycles. The summed E-state index contributed by atoms with van der Waals surface area (Å²) in [5, 5.41) is 0. The minimum Gasteiger partial charge on any atom is -0.368 e. The van der Waals surface area contributed by atoms with Crippen molar-refractivity contribution in [3.8, 4) is 0 Å². The monoisotopic (exact) mass is 423 g/mol. The second-order valence-electron chi connectivity index (χ2n) is 8.28. The third-order valence-electron chi connectivity index (χ3n) is 6.10. The largest absolute Gasteiger partial charge is 0.368 e. The first-order valence-electron chi connectivity index (χ1n) is 10.5. The first-order valence-corrected chi connectivity index (χ1v) is 10.5. The molecular formula is C24H26FN3O3. The molecule has 7 heteroatoms. The van der Waals surface area contributed by atoms with Gasteiger partial charge in [-0.15, -0.1) is 0 Å². The van der Waals surface area contributed by atoms with Gasteiger partial charge < -0.3 is 14.7 Å². The van der Waals surface area contributed by atoms with E-state index in [0.29, 0.717) is 31.7 Å². The van der Waals surface area contributed by atoms with Gasteiger partial charge in [0.05, 0.1) is 11.6 Å². The Morgan fingerprint density at radius 1 is 1.00 bits per heavy atom. The highest BCUT2D eigenvalue weighted by atomic mass is 19.1. The molecule has 0 aliphatic carbocycles. The Bertz CT molecular complexity index is 1010. The number of ketones is 1. The lowest BCUT2D eigenvalue weighted by Gasteiger charge is -2.37. The van der Waals surface area contributed by atoms with Crippen LogP contribution < -0.4 is 9.80 Å². The maximum atomic E-state index is 14.3. The molecule has 2 aromatic carbocycles. The average Bonchev–Trinajstić information content (AvgIpc) is 3.15. The van der Waals surface area contributed by atoms with Crippen LogP contribution in [0.3, 0.4) is 0 Å². The Hall–Kier alpha value is -3.22. The smallest absolute Gasteiger partial charge is 0.228 e. The van der Waals surface area contributed by atoms with Gasteiger partial charge in [0.2, 0.25) is 11.8 Å². The molecule has 31 heavy (non-hydrogen) atoms. The highest BCUT2D eigenvalue weighted by Crippen LogP contribution is 2.29. The number of hydrogen-bond acceptors (Lipinski definition) is 4. The van der Waals surface area contributed by atoms with Crippen molar-refractivity contribution >= 4 is 29.0 Å². The molecule has 2 saturated heterocycles. The second kappa shape index (κ2) is 8.49. The van der Waals surface area contributed by atoms with Crippen LogP contribution in [0.2, 0.25) is 0 Å². The molecule has 2 fully saturated rings. The molecular weight excluding hydrogens is 397 g/mol. The van der Waals surface area contributed by atoms with Gasteiger partial charge >= 0.3 is 0 Å². The van der Waals surface area contributed by atoms with Crippen molar-refractivity contribution in [3.63, 3.8) is 0 Å². The third-order valence-corrected chi connectivity index (χ3v) is 6.10. The summed E-state index contributed by atoms with van der Waals surface area (Å²) in [4.78, 5) is 42.3. The molecule has 0 saturated carbocycles. The van der Waals surface area contributed by atoms with E-state index in [0.717, 1.165) is 11.3 Å². The molecule has 1 unspecified atom stereocenters. The molecule has 2 aromatic rings. The van der Waals surface area contributed by atoms with Crippen LogP contribution in [-0.4, -0.2) is 55.2 Å². The molecule has 0 radical (unpaired) electrons. The number of halogens is 1. The summed E-state index contributed by atoms with van der Waals surface area (Å²) >= 11 is 0. The number of Topliss-reactive ketones (excluding diaryl/α,β-unsaturated/α-hetero) is 1. The van der Waals surface area contributed by atoms with E-state index in [2.05, 4.69) is 4.90 Å². The third kappa shape index (κ3) is 4.31. The normalized spacial score (nSPS) is 19.1. The van der Waals surface area contributed by atoms with E-state index in [1.807, 2.05) is 24.3 Å². The van der Waals surface area contributed by atoms with Crippen molar-refractivity contribution in [2.45, 2.75) is 20.3 Å². The van der Waals surface area contributed by atoms with Crippen molar-refractivity contribution in [1.29, 1.82) is 0 Å². The maximum absolute atomic E-state index is 14.3. The number of anilines is 2. The summed E-state index contributed by atoms with van der Waals surface area (Å²) in [6, 6.07) is 12.3. The number of nitrogens with zero attached hydrogens (tertiary/aromatic N) is 3. The fourth-order valence-electron chi connectivity index (χ4n) is 4.29. The molecule has 2 amide bonds. The quantitative estimate of drug-likeness (QED) is 0.710. The van der Waals surface area contributed by atoms with E-state index in [4.69, 9.17) is 0 Å². The van der Waals surface area contributed by atoms with Gasteiger partial charge in [-0.1, -0.05) is 6.07 Å². The van der Waals surface area contributed by atoms with Gasteiger partial charge in [-0.3, -0.25) is 14.4 Å². The summed E-state index contributed by atoms with van der Waals surface area (Å²) < 4.78 is 14.3. The van der Waals surface area contributed by atoms with E-state index in [-0.39, 0.29) is 36.3 Å². The van der Waals surface area contributed by atoms with Gasteiger partial charge in [-0.05, 0) is 55.8 Å². The van der Waals surface area contributed by atoms with E-state index in [1.165, 1.54) is 11.0 Å². The highest BCUT2D eigenvalue weighted by Gasteiger charge is 2.38. The lowest BCUT2D eigenvalue weighted by atomic mass is 10.1. The zero-order valence-corrected chi connectivity index (χ0v) is 17.8. The van der Waals surface area contributed by atoms with Gasteiger partial charge in [0.25, 0.3) is 0 Å². The zero-order valence-electron chi connectivity index (χ0n) is 17.8. The molecule has 2 aliphatic rings. The van der Waals surface area contributed by atoms with Crippen molar-refractivity contribution in [2.24, 2.45) is 5.92 Å². The van der Waals surface area contributed by atoms with Crippen molar-refractivity contribution in [3.05, 3.63) is 59.4 Å². The number of rotatable bonds is 4. The van der Waals surface area contributed by atoms with Gasteiger partial charge in [0, 0.05) is 50.4 Å². The van der Waals surface area contributed by atoms with E-state index < -0.39 is 11.7 Å². The fraction of sp³-hybridized carbons (Fsp3) is 0.375. The van der Waals surface area contributed by atoms with Crippen LogP contribution in [0.25, 0.3) is 0 Å². The van der Waals surface area contributed by atoms with Crippen LogP contribution in [0.5, 0.6) is 0 Å². The summed E-state index contributed by atoms with van der Waals surface area (Å²) in [6.07, 6.45) is 0.110. The minimum atomic E-state index is -0.449. The van der Waals surface area contributed by atoms with Crippen LogP contribution in [-0.2, 0) is 9.59 Å². The Morgan fingerprint density at radius 2 is 1.68 bits per heavy atom. The molecule has 1 atom stereocenters. The number of benzene rings is 2. The topological polar surface area (TPSA) is 60.9 Å². The zero-order chi connectivity index (χ0) is 22.1. The Kier molecular flexibility index (Phi) is 5.76. The van der Waals surface area contributed by atoms with Gasteiger partial charge in [0.1, 0.15) is 5.82 Å². The summed E-state index contributed by atoms with van der Waals surface area (Å²) in [6.45, 7) is 6.05. The van der Waals surface area contributed by atoms with Crippen LogP contribution >= 0.6 is 0 Å². The minimum absolute atomic E-state index is 0.0349. The number of piperazine rings is 1. The first-order chi connectivity index (χ1) is 14.8. The lowest BCUT2D eigenvalue weighted by Crippen LogP contribution is -2.50. The molecule has 0 N–H and O–H groups in total. The molecule has 6 nitrogen and oxygen atoms in total. The van der Waals surface area contributed by atoms with Crippen LogP contribution in [0, 0.1) is 18.7 Å². The molecule has 0 aromatic heterocycles. The predicted molar refractivity (Wildman–Crippen MR) is 117 cm³/mol. The Morgan fingerprint density at radius 3 is 2.29 bits per heavy atom. The molecule has 0 spiro atoms. The van der Waals surface area contributed by atoms with E-state index >= 15 is 0 Å². The summed E-state index contributed by atoms with van der Waals surface area (Å²) in [7, 11) is 0. The number of carbonyl (C=O) groups is 3. The van der Waals surface area contributed by atoms with Crippen LogP contribution in [0.1, 0.15) is 29.3 Å².